The van der Waals surface area contributed by atoms with Gasteiger partial charge in [-0.05, 0) is 25.0 Å². The number of aliphatic carboxylic acids is 1. The van der Waals surface area contributed by atoms with Crippen molar-refractivity contribution in [1.29, 1.82) is 0 Å². The van der Waals surface area contributed by atoms with Crippen molar-refractivity contribution in [2.45, 2.75) is 17.7 Å². The van der Waals surface area contributed by atoms with Crippen LogP contribution in [0.4, 0.5) is 0 Å². The fourth-order valence-corrected chi connectivity index (χ4v) is 3.27. The van der Waals surface area contributed by atoms with Gasteiger partial charge in [0.1, 0.15) is 5.75 Å². The number of piperidine rings is 1. The highest BCUT2D eigenvalue weighted by atomic mass is 32.2. The molecule has 0 radical (unpaired) electrons. The molecule has 1 saturated heterocycles. The van der Waals surface area contributed by atoms with Gasteiger partial charge in [-0.2, -0.15) is 0 Å². The van der Waals surface area contributed by atoms with Crippen LogP contribution >= 0.6 is 11.8 Å². The molecule has 1 heterocycles. The summed E-state index contributed by atoms with van der Waals surface area (Å²) in [7, 11) is 1.61. The third-order valence-electron chi connectivity index (χ3n) is 3.62. The van der Waals surface area contributed by atoms with E-state index in [1.807, 2.05) is 24.3 Å². The Balaban J connectivity index is 1.84. The lowest BCUT2D eigenvalue weighted by molar-refractivity contribution is -0.145. The van der Waals surface area contributed by atoms with Crippen LogP contribution in [0.15, 0.2) is 29.2 Å². The first-order chi connectivity index (χ1) is 10.1. The second-order valence-corrected chi connectivity index (χ2v) is 5.95. The number of hydrogen-bond acceptors (Lipinski definition) is 4. The van der Waals surface area contributed by atoms with E-state index >= 15 is 0 Å². The average molecular weight is 309 g/mol. The number of carboxylic acid groups (broad SMARTS) is 1. The Morgan fingerprint density at radius 1 is 1.33 bits per heavy atom. The molecule has 0 unspecified atom stereocenters. The van der Waals surface area contributed by atoms with Crippen molar-refractivity contribution in [3.8, 4) is 5.75 Å². The Morgan fingerprint density at radius 3 is 2.62 bits per heavy atom. The number of likely N-dealkylation sites (tertiary alicyclic amines) is 1. The van der Waals surface area contributed by atoms with E-state index < -0.39 is 5.97 Å². The van der Waals surface area contributed by atoms with Gasteiger partial charge in [-0.15, -0.1) is 11.8 Å². The number of nitrogens with zero attached hydrogens (tertiary/aromatic N) is 1. The topological polar surface area (TPSA) is 66.8 Å². The molecule has 114 valence electrons. The van der Waals surface area contributed by atoms with Crippen LogP contribution in [-0.2, 0) is 9.59 Å². The lowest BCUT2D eigenvalue weighted by Crippen LogP contribution is -2.41. The van der Waals surface area contributed by atoms with Gasteiger partial charge in [0.25, 0.3) is 0 Å². The van der Waals surface area contributed by atoms with E-state index in [4.69, 9.17) is 9.84 Å². The number of para-hydroxylation sites is 1. The summed E-state index contributed by atoms with van der Waals surface area (Å²) in [5.41, 5.74) is 0. The smallest absolute Gasteiger partial charge is 0.306 e. The van der Waals surface area contributed by atoms with Crippen LogP contribution in [0.5, 0.6) is 5.75 Å². The first-order valence-corrected chi connectivity index (χ1v) is 7.86. The minimum absolute atomic E-state index is 0.0507. The molecule has 6 heteroatoms. The predicted molar refractivity (Wildman–Crippen MR) is 80.7 cm³/mol. The van der Waals surface area contributed by atoms with Gasteiger partial charge in [-0.25, -0.2) is 0 Å². The Kier molecular flexibility index (Phi) is 5.50. The highest BCUT2D eigenvalue weighted by Gasteiger charge is 2.26. The van der Waals surface area contributed by atoms with Crippen LogP contribution in [0.25, 0.3) is 0 Å². The number of carbonyl (C=O) groups excluding carboxylic acids is 1. The van der Waals surface area contributed by atoms with Crippen LogP contribution in [0.3, 0.4) is 0 Å². The lowest BCUT2D eigenvalue weighted by atomic mass is 9.97. The Labute approximate surface area is 128 Å². The SMILES string of the molecule is COc1ccccc1SCC(=O)N1CCC(C(=O)O)CC1. The zero-order valence-electron chi connectivity index (χ0n) is 11.9. The molecule has 0 aromatic heterocycles. The van der Waals surface area contributed by atoms with Crippen molar-refractivity contribution >= 4 is 23.6 Å². The maximum Gasteiger partial charge on any atom is 0.306 e. The van der Waals surface area contributed by atoms with Crippen molar-refractivity contribution in [3.05, 3.63) is 24.3 Å². The number of ether oxygens (including phenoxy) is 1. The summed E-state index contributed by atoms with van der Waals surface area (Å²) >= 11 is 1.45. The van der Waals surface area contributed by atoms with E-state index in [1.165, 1.54) is 11.8 Å². The maximum absolute atomic E-state index is 12.2. The Hall–Kier alpha value is -1.69. The zero-order valence-corrected chi connectivity index (χ0v) is 12.8. The number of thioether (sulfide) groups is 1. The molecule has 0 atom stereocenters. The molecular formula is C15H19NO4S. The molecule has 1 fully saturated rings. The molecule has 1 amide bonds. The quantitative estimate of drug-likeness (QED) is 0.844. The van der Waals surface area contributed by atoms with Crippen molar-refractivity contribution in [1.82, 2.24) is 4.90 Å². The van der Waals surface area contributed by atoms with E-state index in [-0.39, 0.29) is 11.8 Å². The zero-order chi connectivity index (χ0) is 15.2. The van der Waals surface area contributed by atoms with E-state index in [9.17, 15) is 9.59 Å². The predicted octanol–water partition coefficient (Wildman–Crippen LogP) is 2.11. The Morgan fingerprint density at radius 2 is 2.00 bits per heavy atom. The highest BCUT2D eigenvalue weighted by Crippen LogP contribution is 2.29. The summed E-state index contributed by atoms with van der Waals surface area (Å²) in [4.78, 5) is 25.7. The molecule has 2 rings (SSSR count). The summed E-state index contributed by atoms with van der Waals surface area (Å²) in [6.07, 6.45) is 1.08. The molecular weight excluding hydrogens is 290 g/mol. The van der Waals surface area contributed by atoms with Crippen molar-refractivity contribution in [2.75, 3.05) is 26.0 Å². The highest BCUT2D eigenvalue weighted by molar-refractivity contribution is 8.00. The van der Waals surface area contributed by atoms with E-state index in [2.05, 4.69) is 0 Å². The average Bonchev–Trinajstić information content (AvgIpc) is 2.52. The minimum atomic E-state index is -0.759. The van der Waals surface area contributed by atoms with Crippen LogP contribution in [0, 0.1) is 5.92 Å². The maximum atomic E-state index is 12.2. The molecule has 0 saturated carbocycles. The number of carboxylic acids is 1. The molecule has 1 N–H and O–H groups in total. The molecule has 1 aromatic carbocycles. The van der Waals surface area contributed by atoms with E-state index in [0.29, 0.717) is 31.7 Å². The van der Waals surface area contributed by atoms with Gasteiger partial charge in [0.15, 0.2) is 0 Å². The van der Waals surface area contributed by atoms with Crippen molar-refractivity contribution < 1.29 is 19.4 Å². The number of benzene rings is 1. The summed E-state index contributed by atoms with van der Waals surface area (Å²) < 4.78 is 5.25. The molecule has 5 nitrogen and oxygen atoms in total. The first kappa shape index (κ1) is 15.7. The molecule has 1 aromatic rings. The van der Waals surface area contributed by atoms with Crippen molar-refractivity contribution in [2.24, 2.45) is 5.92 Å². The molecule has 0 bridgehead atoms. The van der Waals surface area contributed by atoms with Crippen LogP contribution in [-0.4, -0.2) is 47.8 Å². The first-order valence-electron chi connectivity index (χ1n) is 6.88. The molecule has 0 spiro atoms. The summed E-state index contributed by atoms with van der Waals surface area (Å²) in [5.74, 6) is 0.0917. The molecule has 21 heavy (non-hydrogen) atoms. The standard InChI is InChI=1S/C15H19NO4S/c1-20-12-4-2-3-5-13(12)21-10-14(17)16-8-6-11(7-9-16)15(18)19/h2-5,11H,6-10H2,1H3,(H,18,19). The van der Waals surface area contributed by atoms with Gasteiger partial charge in [0.2, 0.25) is 5.91 Å². The lowest BCUT2D eigenvalue weighted by Gasteiger charge is -2.30. The number of rotatable bonds is 5. The van der Waals surface area contributed by atoms with Gasteiger partial charge in [-0.3, -0.25) is 9.59 Å². The Bertz CT molecular complexity index is 512. The normalized spacial score (nSPS) is 15.8. The third kappa shape index (κ3) is 4.14. The summed E-state index contributed by atoms with van der Waals surface area (Å²) in [6.45, 7) is 1.06. The van der Waals surface area contributed by atoms with Crippen molar-refractivity contribution in [3.63, 3.8) is 0 Å². The largest absolute Gasteiger partial charge is 0.496 e. The van der Waals surface area contributed by atoms with E-state index in [1.54, 1.807) is 12.0 Å². The van der Waals surface area contributed by atoms with Gasteiger partial charge < -0.3 is 14.7 Å². The van der Waals surface area contributed by atoms with Crippen LogP contribution < -0.4 is 4.74 Å². The number of amides is 1. The van der Waals surface area contributed by atoms with Gasteiger partial charge in [0, 0.05) is 18.0 Å². The van der Waals surface area contributed by atoms with Gasteiger partial charge in [0.05, 0.1) is 18.8 Å². The number of carbonyl (C=O) groups is 2. The second-order valence-electron chi connectivity index (χ2n) is 4.93. The fraction of sp³-hybridized carbons (Fsp3) is 0.467. The van der Waals surface area contributed by atoms with Crippen LogP contribution in [0.2, 0.25) is 0 Å². The third-order valence-corrected chi connectivity index (χ3v) is 4.66. The second kappa shape index (κ2) is 7.36. The van der Waals surface area contributed by atoms with Gasteiger partial charge in [-0.1, -0.05) is 12.1 Å². The molecule has 1 aliphatic rings. The number of methoxy groups -OCH3 is 1. The summed E-state index contributed by atoms with van der Waals surface area (Å²) in [6, 6.07) is 7.59. The van der Waals surface area contributed by atoms with E-state index in [0.717, 1.165) is 10.6 Å². The van der Waals surface area contributed by atoms with Gasteiger partial charge >= 0.3 is 5.97 Å². The fourth-order valence-electron chi connectivity index (χ4n) is 2.34. The monoisotopic (exact) mass is 309 g/mol. The molecule has 1 aliphatic heterocycles. The van der Waals surface area contributed by atoms with Crippen LogP contribution in [0.1, 0.15) is 12.8 Å². The summed E-state index contributed by atoms with van der Waals surface area (Å²) in [5, 5.41) is 8.95. The number of hydrogen-bond donors (Lipinski definition) is 1. The minimum Gasteiger partial charge on any atom is -0.496 e. The molecule has 0 aliphatic carbocycles.